The number of carbonyl (C=O) groups excluding carboxylic acids is 2. The van der Waals surface area contributed by atoms with Gasteiger partial charge in [0.15, 0.2) is 0 Å². The fourth-order valence-electron chi connectivity index (χ4n) is 3.61. The van der Waals surface area contributed by atoms with Gasteiger partial charge in [0.2, 0.25) is 5.91 Å². The minimum atomic E-state index is -0.0239. The van der Waals surface area contributed by atoms with Crippen LogP contribution in [-0.2, 0) is 17.8 Å². The maximum atomic E-state index is 12.4. The summed E-state index contributed by atoms with van der Waals surface area (Å²) in [5, 5.41) is 3.00. The van der Waals surface area contributed by atoms with Gasteiger partial charge in [-0.1, -0.05) is 37.3 Å². The summed E-state index contributed by atoms with van der Waals surface area (Å²) in [6.45, 7) is 4.77. The molecule has 0 unspecified atom stereocenters. The number of hydrogen-bond donors (Lipinski definition) is 1. The Hall–Kier alpha value is -2.66. The van der Waals surface area contributed by atoms with Gasteiger partial charge in [0.05, 0.1) is 6.54 Å². The lowest BCUT2D eigenvalue weighted by molar-refractivity contribution is -0.117. The highest BCUT2D eigenvalue weighted by Crippen LogP contribution is 2.16. The first-order valence-corrected chi connectivity index (χ1v) is 10.0. The smallest absolute Gasteiger partial charge is 0.253 e. The number of anilines is 1. The van der Waals surface area contributed by atoms with Crippen molar-refractivity contribution >= 4 is 17.5 Å². The summed E-state index contributed by atoms with van der Waals surface area (Å²) in [5.41, 5.74) is 3.84. The summed E-state index contributed by atoms with van der Waals surface area (Å²) in [5.74, 6) is 0.0932. The molecule has 1 saturated heterocycles. The lowest BCUT2D eigenvalue weighted by Gasteiger charge is -2.18. The Labute approximate surface area is 167 Å². The van der Waals surface area contributed by atoms with Crippen molar-refractivity contribution in [3.05, 3.63) is 65.2 Å². The number of para-hydroxylation sites is 1. The molecule has 5 nitrogen and oxygen atoms in total. The number of benzene rings is 2. The Morgan fingerprint density at radius 2 is 1.71 bits per heavy atom. The molecule has 0 spiro atoms. The lowest BCUT2D eigenvalue weighted by Crippen LogP contribution is -2.30. The van der Waals surface area contributed by atoms with E-state index in [0.29, 0.717) is 13.1 Å². The van der Waals surface area contributed by atoms with Crippen LogP contribution in [0, 0.1) is 0 Å². The SMILES string of the molecule is CCc1ccccc1NC(=O)CN(C)Cc1ccc(C(=O)N2CCCC2)cc1. The van der Waals surface area contributed by atoms with Crippen LogP contribution in [0.5, 0.6) is 0 Å². The van der Waals surface area contributed by atoms with Crippen LogP contribution in [0.1, 0.15) is 41.3 Å². The van der Waals surface area contributed by atoms with Crippen molar-refractivity contribution in [3.8, 4) is 0 Å². The van der Waals surface area contributed by atoms with Gasteiger partial charge in [0.1, 0.15) is 0 Å². The van der Waals surface area contributed by atoms with Crippen molar-refractivity contribution in [1.82, 2.24) is 9.80 Å². The Morgan fingerprint density at radius 3 is 2.39 bits per heavy atom. The molecule has 0 atom stereocenters. The van der Waals surface area contributed by atoms with Crippen molar-refractivity contribution < 1.29 is 9.59 Å². The van der Waals surface area contributed by atoms with Gasteiger partial charge < -0.3 is 10.2 Å². The molecule has 1 N–H and O–H groups in total. The second-order valence-corrected chi connectivity index (χ2v) is 7.43. The quantitative estimate of drug-likeness (QED) is 0.800. The first-order valence-electron chi connectivity index (χ1n) is 10.0. The standard InChI is InChI=1S/C23H29N3O2/c1-3-19-8-4-5-9-21(19)24-22(27)17-25(2)16-18-10-12-20(13-11-18)23(28)26-14-6-7-15-26/h4-5,8-13H,3,6-7,14-17H2,1-2H3,(H,24,27). The van der Waals surface area contributed by atoms with Crippen molar-refractivity contribution in [2.75, 3.05) is 32.0 Å². The first kappa shape index (κ1) is 20.1. The Morgan fingerprint density at radius 1 is 1.04 bits per heavy atom. The highest BCUT2D eigenvalue weighted by molar-refractivity contribution is 5.94. The second-order valence-electron chi connectivity index (χ2n) is 7.43. The van der Waals surface area contributed by atoms with E-state index in [9.17, 15) is 9.59 Å². The lowest BCUT2D eigenvalue weighted by atomic mass is 10.1. The van der Waals surface area contributed by atoms with Crippen LogP contribution < -0.4 is 5.32 Å². The molecule has 1 aliphatic rings. The monoisotopic (exact) mass is 379 g/mol. The van der Waals surface area contributed by atoms with Gasteiger partial charge in [-0.15, -0.1) is 0 Å². The summed E-state index contributed by atoms with van der Waals surface area (Å²) in [6.07, 6.45) is 3.08. The van der Waals surface area contributed by atoms with Gasteiger partial charge in [-0.3, -0.25) is 14.5 Å². The average Bonchev–Trinajstić information content (AvgIpc) is 3.23. The van der Waals surface area contributed by atoms with Gasteiger partial charge in [0, 0.05) is 30.9 Å². The molecule has 0 radical (unpaired) electrons. The Kier molecular flexibility index (Phi) is 6.82. The van der Waals surface area contributed by atoms with Crippen LogP contribution >= 0.6 is 0 Å². The van der Waals surface area contributed by atoms with Crippen LogP contribution in [0.4, 0.5) is 5.69 Å². The molecule has 3 rings (SSSR count). The molecule has 1 fully saturated rings. The van der Waals surface area contributed by atoms with E-state index in [4.69, 9.17) is 0 Å². The normalized spacial score (nSPS) is 13.8. The number of likely N-dealkylation sites (tertiary alicyclic amines) is 1. The number of hydrogen-bond acceptors (Lipinski definition) is 3. The molecule has 0 aliphatic carbocycles. The number of nitrogens with one attached hydrogen (secondary N) is 1. The molecule has 2 amide bonds. The Bertz CT molecular complexity index is 811. The summed E-state index contributed by atoms with van der Waals surface area (Å²) in [7, 11) is 1.93. The maximum Gasteiger partial charge on any atom is 0.253 e. The zero-order valence-electron chi connectivity index (χ0n) is 16.8. The molecule has 0 saturated carbocycles. The van der Waals surface area contributed by atoms with Gasteiger partial charge >= 0.3 is 0 Å². The number of carbonyl (C=O) groups is 2. The molecule has 0 aromatic heterocycles. The van der Waals surface area contributed by atoms with Crippen molar-refractivity contribution in [2.24, 2.45) is 0 Å². The van der Waals surface area contributed by atoms with Crippen molar-refractivity contribution in [1.29, 1.82) is 0 Å². The van der Waals surface area contributed by atoms with Crippen LogP contribution in [0.15, 0.2) is 48.5 Å². The van der Waals surface area contributed by atoms with E-state index in [0.717, 1.165) is 54.7 Å². The fourth-order valence-corrected chi connectivity index (χ4v) is 3.61. The largest absolute Gasteiger partial charge is 0.339 e. The predicted molar refractivity (Wildman–Crippen MR) is 112 cm³/mol. The third kappa shape index (κ3) is 5.20. The number of amides is 2. The van der Waals surface area contributed by atoms with Gasteiger partial charge in [-0.2, -0.15) is 0 Å². The summed E-state index contributed by atoms with van der Waals surface area (Å²) in [4.78, 5) is 28.7. The molecule has 148 valence electrons. The molecule has 1 aliphatic heterocycles. The average molecular weight is 380 g/mol. The molecular formula is C23H29N3O2. The van der Waals surface area contributed by atoms with Gasteiger partial charge in [-0.25, -0.2) is 0 Å². The second kappa shape index (κ2) is 9.51. The van der Waals surface area contributed by atoms with E-state index in [1.54, 1.807) is 0 Å². The van der Waals surface area contributed by atoms with E-state index in [-0.39, 0.29) is 11.8 Å². The van der Waals surface area contributed by atoms with Gasteiger partial charge in [0.25, 0.3) is 5.91 Å². The third-order valence-corrected chi connectivity index (χ3v) is 5.13. The summed E-state index contributed by atoms with van der Waals surface area (Å²) >= 11 is 0. The van der Waals surface area contributed by atoms with Gasteiger partial charge in [-0.05, 0) is 55.6 Å². The highest BCUT2D eigenvalue weighted by atomic mass is 16.2. The van der Waals surface area contributed by atoms with Crippen molar-refractivity contribution in [3.63, 3.8) is 0 Å². The highest BCUT2D eigenvalue weighted by Gasteiger charge is 2.19. The predicted octanol–water partition coefficient (Wildman–Crippen LogP) is 3.56. The third-order valence-electron chi connectivity index (χ3n) is 5.13. The zero-order valence-corrected chi connectivity index (χ0v) is 16.8. The topological polar surface area (TPSA) is 52.7 Å². The number of rotatable bonds is 7. The van der Waals surface area contributed by atoms with E-state index in [2.05, 4.69) is 12.2 Å². The van der Waals surface area contributed by atoms with E-state index < -0.39 is 0 Å². The number of aryl methyl sites for hydroxylation is 1. The van der Waals surface area contributed by atoms with Crippen LogP contribution in [0.25, 0.3) is 0 Å². The summed E-state index contributed by atoms with van der Waals surface area (Å²) < 4.78 is 0. The van der Waals surface area contributed by atoms with Crippen LogP contribution in [0.2, 0.25) is 0 Å². The van der Waals surface area contributed by atoms with E-state index in [1.807, 2.05) is 65.4 Å². The first-order chi connectivity index (χ1) is 13.6. The summed E-state index contributed by atoms with van der Waals surface area (Å²) in [6, 6.07) is 15.6. The minimum Gasteiger partial charge on any atom is -0.339 e. The molecule has 1 heterocycles. The Balaban J connectivity index is 1.52. The molecule has 2 aromatic rings. The number of likely N-dealkylation sites (N-methyl/N-ethyl adjacent to an activating group) is 1. The molecule has 0 bridgehead atoms. The maximum absolute atomic E-state index is 12.4. The number of nitrogens with zero attached hydrogens (tertiary/aromatic N) is 2. The van der Waals surface area contributed by atoms with Crippen LogP contribution in [0.3, 0.4) is 0 Å². The van der Waals surface area contributed by atoms with Crippen molar-refractivity contribution in [2.45, 2.75) is 32.7 Å². The van der Waals surface area contributed by atoms with E-state index in [1.165, 1.54) is 0 Å². The van der Waals surface area contributed by atoms with E-state index >= 15 is 0 Å². The molecular weight excluding hydrogens is 350 g/mol. The minimum absolute atomic E-state index is 0.0239. The van der Waals surface area contributed by atoms with Crippen LogP contribution in [-0.4, -0.2) is 48.3 Å². The molecule has 5 heteroatoms. The zero-order chi connectivity index (χ0) is 19.9. The molecule has 2 aromatic carbocycles. The molecule has 28 heavy (non-hydrogen) atoms. The fraction of sp³-hybridized carbons (Fsp3) is 0.391.